The van der Waals surface area contributed by atoms with Gasteiger partial charge in [0.15, 0.2) is 0 Å². The number of aliphatic imine (C=N–C) groups is 1. The Morgan fingerprint density at radius 2 is 1.84 bits per heavy atom. The maximum atomic E-state index is 12.3. The molecule has 0 atom stereocenters. The van der Waals surface area contributed by atoms with Crippen LogP contribution in [-0.4, -0.2) is 55.1 Å². The number of nitrogens with one attached hydrogen (secondary N) is 1. The van der Waals surface area contributed by atoms with Crippen molar-refractivity contribution in [3.63, 3.8) is 0 Å². The third kappa shape index (κ3) is 13.0. The average Bonchev–Trinajstić information content (AvgIpc) is 2.41. The number of amides is 1. The van der Waals surface area contributed by atoms with Gasteiger partial charge in [0.2, 0.25) is 0 Å². The number of carbonyl (C=O) groups is 2. The first kappa shape index (κ1) is 25.2. The first-order valence-electron chi connectivity index (χ1n) is 7.95. The Bertz CT molecular complexity index is 479. The van der Waals surface area contributed by atoms with E-state index in [1.54, 1.807) is 11.8 Å². The minimum absolute atomic E-state index is 0. The average molecular weight is 357 g/mol. The second-order valence-corrected chi connectivity index (χ2v) is 6.96. The van der Waals surface area contributed by atoms with Gasteiger partial charge < -0.3 is 19.7 Å². The van der Waals surface area contributed by atoms with Crippen molar-refractivity contribution in [2.45, 2.75) is 54.6 Å². The molecule has 25 heavy (non-hydrogen) atoms. The molecule has 0 aromatic heterocycles. The highest BCUT2D eigenvalue weighted by molar-refractivity contribution is 5.84. The molecule has 0 fully saturated rings. The zero-order chi connectivity index (χ0) is 18.9. The Hall–Kier alpha value is -2.05. The molecule has 0 aromatic carbocycles. The standard InChI is InChI=1S/C17H31N3O4.CH4/c1-12(2)10-20(16(22)24-17(5,6)7)11-13(3)19-14(4)18-9-15(21)23-8;/h12H,3,9-11H2,1-2,4-8H3,(H,18,19);1H4. The van der Waals surface area contributed by atoms with Gasteiger partial charge in [-0.25, -0.2) is 4.79 Å². The monoisotopic (exact) mass is 357 g/mol. The molecule has 1 N–H and O–H groups in total. The number of carbonyl (C=O) groups excluding carboxylic acids is 2. The normalized spacial score (nSPS) is 11.4. The maximum Gasteiger partial charge on any atom is 0.410 e. The van der Waals surface area contributed by atoms with Crippen molar-refractivity contribution < 1.29 is 19.1 Å². The summed E-state index contributed by atoms with van der Waals surface area (Å²) in [5, 5.41) is 2.98. The number of amidine groups is 1. The van der Waals surface area contributed by atoms with Crippen LogP contribution in [0.2, 0.25) is 0 Å². The number of hydrogen-bond acceptors (Lipinski definition) is 5. The first-order chi connectivity index (χ1) is 10.9. The molecule has 146 valence electrons. The van der Waals surface area contributed by atoms with E-state index in [4.69, 9.17) is 4.74 Å². The lowest BCUT2D eigenvalue weighted by Crippen LogP contribution is -2.41. The Labute approximate surface area is 152 Å². The van der Waals surface area contributed by atoms with E-state index >= 15 is 0 Å². The van der Waals surface area contributed by atoms with E-state index in [9.17, 15) is 9.59 Å². The summed E-state index contributed by atoms with van der Waals surface area (Å²) in [6, 6.07) is 0. The predicted octanol–water partition coefficient (Wildman–Crippen LogP) is 3.21. The summed E-state index contributed by atoms with van der Waals surface area (Å²) in [4.78, 5) is 29.0. The van der Waals surface area contributed by atoms with Crippen molar-refractivity contribution in [1.29, 1.82) is 0 Å². The molecule has 0 heterocycles. The van der Waals surface area contributed by atoms with Crippen molar-refractivity contribution in [3.05, 3.63) is 12.3 Å². The highest BCUT2D eigenvalue weighted by Crippen LogP contribution is 2.12. The van der Waals surface area contributed by atoms with Gasteiger partial charge in [-0.1, -0.05) is 27.9 Å². The Morgan fingerprint density at radius 3 is 2.28 bits per heavy atom. The van der Waals surface area contributed by atoms with Crippen molar-refractivity contribution in [1.82, 2.24) is 10.2 Å². The molecule has 0 rings (SSSR count). The lowest BCUT2D eigenvalue weighted by atomic mass is 10.2. The van der Waals surface area contributed by atoms with E-state index in [0.717, 1.165) is 0 Å². The molecule has 1 amide bonds. The van der Waals surface area contributed by atoms with E-state index in [0.29, 0.717) is 24.0 Å². The van der Waals surface area contributed by atoms with Crippen LogP contribution in [0.5, 0.6) is 0 Å². The molecule has 0 aliphatic heterocycles. The highest BCUT2D eigenvalue weighted by Gasteiger charge is 2.23. The van der Waals surface area contributed by atoms with Crippen molar-refractivity contribution in [2.75, 3.05) is 26.7 Å². The quantitative estimate of drug-likeness (QED) is 0.430. The number of hydrogen-bond donors (Lipinski definition) is 1. The fourth-order valence-electron chi connectivity index (χ4n) is 1.78. The summed E-state index contributed by atoms with van der Waals surface area (Å²) in [6.45, 7) is 15.9. The van der Waals surface area contributed by atoms with Crippen LogP contribution in [0.15, 0.2) is 17.3 Å². The Kier molecular flexibility index (Phi) is 11.6. The molecule has 0 aromatic rings. The second-order valence-electron chi connectivity index (χ2n) is 6.96. The number of esters is 1. The third-order valence-electron chi connectivity index (χ3n) is 2.65. The fourth-order valence-corrected chi connectivity index (χ4v) is 1.78. The van der Waals surface area contributed by atoms with Gasteiger partial charge in [-0.3, -0.25) is 9.79 Å². The van der Waals surface area contributed by atoms with Crippen LogP contribution >= 0.6 is 0 Å². The summed E-state index contributed by atoms with van der Waals surface area (Å²) in [7, 11) is 1.31. The zero-order valence-electron chi connectivity index (χ0n) is 15.9. The van der Waals surface area contributed by atoms with Crippen LogP contribution in [0.3, 0.4) is 0 Å². The van der Waals surface area contributed by atoms with Crippen LogP contribution in [-0.2, 0) is 14.3 Å². The topological polar surface area (TPSA) is 80.2 Å². The molecule has 0 aliphatic rings. The molecule has 0 aliphatic carbocycles. The van der Waals surface area contributed by atoms with Gasteiger partial charge in [0, 0.05) is 12.2 Å². The van der Waals surface area contributed by atoms with Gasteiger partial charge in [0.05, 0.1) is 19.5 Å². The lowest BCUT2D eigenvalue weighted by molar-refractivity contribution is -0.138. The van der Waals surface area contributed by atoms with E-state index < -0.39 is 11.6 Å². The number of ether oxygens (including phenoxy) is 2. The van der Waals surface area contributed by atoms with Gasteiger partial charge in [-0.15, -0.1) is 0 Å². The minimum atomic E-state index is -0.557. The van der Waals surface area contributed by atoms with Crippen LogP contribution in [0.1, 0.15) is 49.0 Å². The summed E-state index contributed by atoms with van der Waals surface area (Å²) in [5.74, 6) is 0.399. The molecule has 0 radical (unpaired) electrons. The molecule has 7 heteroatoms. The van der Waals surface area contributed by atoms with E-state index in [-0.39, 0.29) is 26.6 Å². The molecule has 0 spiro atoms. The van der Waals surface area contributed by atoms with Gasteiger partial charge in [0.25, 0.3) is 0 Å². The number of methoxy groups -OCH3 is 1. The van der Waals surface area contributed by atoms with Crippen LogP contribution in [0.4, 0.5) is 4.79 Å². The van der Waals surface area contributed by atoms with E-state index in [1.807, 2.05) is 34.6 Å². The van der Waals surface area contributed by atoms with Crippen molar-refractivity contribution in [3.8, 4) is 0 Å². The molecule has 7 nitrogen and oxygen atoms in total. The maximum absolute atomic E-state index is 12.3. The highest BCUT2D eigenvalue weighted by atomic mass is 16.6. The SMILES string of the molecule is C.C=C(CN(CC(C)C)C(=O)OC(C)(C)C)NC(C)=NCC(=O)OC. The molecule has 0 saturated carbocycles. The van der Waals surface area contributed by atoms with Crippen LogP contribution in [0, 0.1) is 5.92 Å². The smallest absolute Gasteiger partial charge is 0.410 e. The van der Waals surface area contributed by atoms with Gasteiger partial charge in [-0.2, -0.15) is 0 Å². The Morgan fingerprint density at radius 1 is 1.28 bits per heavy atom. The molecular weight excluding hydrogens is 322 g/mol. The number of rotatable bonds is 7. The van der Waals surface area contributed by atoms with Gasteiger partial charge in [-0.05, 0) is 33.6 Å². The van der Waals surface area contributed by atoms with Crippen LogP contribution < -0.4 is 5.32 Å². The minimum Gasteiger partial charge on any atom is -0.468 e. The second kappa shape index (κ2) is 11.5. The summed E-state index contributed by atoms with van der Waals surface area (Å²) < 4.78 is 9.95. The Balaban J connectivity index is 0. The largest absolute Gasteiger partial charge is 0.468 e. The molecular formula is C18H35N3O4. The van der Waals surface area contributed by atoms with Gasteiger partial charge in [0.1, 0.15) is 12.1 Å². The van der Waals surface area contributed by atoms with Crippen molar-refractivity contribution >= 4 is 17.9 Å². The summed E-state index contributed by atoms with van der Waals surface area (Å²) >= 11 is 0. The molecule has 0 bridgehead atoms. The summed E-state index contributed by atoms with van der Waals surface area (Å²) in [5.41, 5.74) is 0.0338. The number of nitrogens with zero attached hydrogens (tertiary/aromatic N) is 2. The third-order valence-corrected chi connectivity index (χ3v) is 2.65. The summed E-state index contributed by atoms with van der Waals surface area (Å²) in [6.07, 6.45) is -0.386. The van der Waals surface area contributed by atoms with E-state index in [2.05, 4.69) is 21.6 Å². The lowest BCUT2D eigenvalue weighted by Gasteiger charge is -2.29. The van der Waals surface area contributed by atoms with Crippen molar-refractivity contribution in [2.24, 2.45) is 10.9 Å². The molecule has 0 unspecified atom stereocenters. The fraction of sp³-hybridized carbons (Fsp3) is 0.722. The van der Waals surface area contributed by atoms with Gasteiger partial charge >= 0.3 is 12.1 Å². The predicted molar refractivity (Wildman–Crippen MR) is 102 cm³/mol. The molecule has 0 saturated heterocycles. The first-order valence-corrected chi connectivity index (χ1v) is 7.95. The van der Waals surface area contributed by atoms with Crippen LogP contribution in [0.25, 0.3) is 0 Å². The zero-order valence-corrected chi connectivity index (χ0v) is 15.9. The van der Waals surface area contributed by atoms with E-state index in [1.165, 1.54) is 7.11 Å².